The third-order valence-corrected chi connectivity index (χ3v) is 1.93. The van der Waals surface area contributed by atoms with Crippen LogP contribution in [0.25, 0.3) is 0 Å². The Hall–Kier alpha value is -0.830. The fourth-order valence-corrected chi connectivity index (χ4v) is 1.28. The van der Waals surface area contributed by atoms with E-state index in [-0.39, 0.29) is 0 Å². The average Bonchev–Trinajstić information content (AvgIpc) is 2.18. The van der Waals surface area contributed by atoms with Gasteiger partial charge in [-0.05, 0) is 25.0 Å². The van der Waals surface area contributed by atoms with Crippen molar-refractivity contribution in [1.82, 2.24) is 4.98 Å². The number of hydrogen-bond acceptors (Lipinski definition) is 1. The molecule has 0 saturated heterocycles. The molecule has 1 aromatic rings. The molecule has 3 N–H and O–H groups in total. The van der Waals surface area contributed by atoms with Crippen molar-refractivity contribution < 1.29 is 0 Å². The van der Waals surface area contributed by atoms with Gasteiger partial charge in [-0.15, -0.1) is 0 Å². The summed E-state index contributed by atoms with van der Waals surface area (Å²) in [5.74, 6) is 0. The van der Waals surface area contributed by atoms with Crippen LogP contribution >= 0.6 is 12.2 Å². The van der Waals surface area contributed by atoms with Crippen molar-refractivity contribution in [2.75, 3.05) is 0 Å². The zero-order valence-corrected chi connectivity index (χ0v) is 7.59. The molecule has 0 spiro atoms. The SMILES string of the molecule is Cc1c[nH]c(C)c1CC(N)=S. The Morgan fingerprint density at radius 1 is 1.64 bits per heavy atom. The van der Waals surface area contributed by atoms with Gasteiger partial charge in [0, 0.05) is 18.3 Å². The van der Waals surface area contributed by atoms with Gasteiger partial charge in [0.05, 0.1) is 4.99 Å². The predicted octanol–water partition coefficient (Wildman–Crippen LogP) is 1.46. The van der Waals surface area contributed by atoms with Crippen LogP contribution in [0, 0.1) is 13.8 Å². The molecule has 0 aromatic carbocycles. The summed E-state index contributed by atoms with van der Waals surface area (Å²) in [6, 6.07) is 0. The first-order chi connectivity index (χ1) is 5.11. The Morgan fingerprint density at radius 2 is 2.27 bits per heavy atom. The maximum Gasteiger partial charge on any atom is 0.0772 e. The van der Waals surface area contributed by atoms with E-state index in [2.05, 4.69) is 11.9 Å². The maximum atomic E-state index is 5.44. The van der Waals surface area contributed by atoms with Crippen molar-refractivity contribution in [2.24, 2.45) is 5.73 Å². The highest BCUT2D eigenvalue weighted by Gasteiger charge is 2.04. The molecule has 0 amide bonds. The topological polar surface area (TPSA) is 41.8 Å². The summed E-state index contributed by atoms with van der Waals surface area (Å²) in [4.78, 5) is 3.68. The first kappa shape index (κ1) is 8.27. The molecule has 0 radical (unpaired) electrons. The Morgan fingerprint density at radius 3 is 2.64 bits per heavy atom. The minimum atomic E-state index is 0.552. The van der Waals surface area contributed by atoms with Crippen LogP contribution in [0.15, 0.2) is 6.20 Å². The van der Waals surface area contributed by atoms with Crippen LogP contribution in [0.1, 0.15) is 16.8 Å². The van der Waals surface area contributed by atoms with Gasteiger partial charge in [0.15, 0.2) is 0 Å². The van der Waals surface area contributed by atoms with Crippen LogP contribution in [0.5, 0.6) is 0 Å². The average molecular weight is 168 g/mol. The number of rotatable bonds is 2. The molecule has 0 saturated carbocycles. The number of hydrogen-bond donors (Lipinski definition) is 2. The van der Waals surface area contributed by atoms with Crippen LogP contribution in [-0.4, -0.2) is 9.97 Å². The molecule has 0 aliphatic rings. The highest BCUT2D eigenvalue weighted by atomic mass is 32.1. The first-order valence-corrected chi connectivity index (χ1v) is 3.94. The van der Waals surface area contributed by atoms with E-state index in [1.54, 1.807) is 0 Å². The van der Waals surface area contributed by atoms with E-state index in [1.807, 2.05) is 13.1 Å². The van der Waals surface area contributed by atoms with Gasteiger partial charge in [-0.25, -0.2) is 0 Å². The predicted molar refractivity (Wildman–Crippen MR) is 50.8 cm³/mol. The quantitative estimate of drug-likeness (QED) is 0.656. The van der Waals surface area contributed by atoms with Gasteiger partial charge in [-0.2, -0.15) is 0 Å². The highest BCUT2D eigenvalue weighted by molar-refractivity contribution is 7.80. The van der Waals surface area contributed by atoms with Crippen LogP contribution in [0.3, 0.4) is 0 Å². The number of aryl methyl sites for hydroxylation is 2. The summed E-state index contributed by atoms with van der Waals surface area (Å²) in [6.07, 6.45) is 2.68. The third-order valence-electron chi connectivity index (χ3n) is 1.78. The van der Waals surface area contributed by atoms with Gasteiger partial charge in [-0.3, -0.25) is 0 Å². The van der Waals surface area contributed by atoms with E-state index in [1.165, 1.54) is 11.1 Å². The monoisotopic (exact) mass is 168 g/mol. The van der Waals surface area contributed by atoms with Crippen molar-refractivity contribution in [3.05, 3.63) is 23.0 Å². The van der Waals surface area contributed by atoms with Gasteiger partial charge in [0.25, 0.3) is 0 Å². The molecule has 1 aromatic heterocycles. The summed E-state index contributed by atoms with van der Waals surface area (Å²) in [5.41, 5.74) is 9.07. The molecule has 60 valence electrons. The molecular formula is C8H12N2S. The summed E-state index contributed by atoms with van der Waals surface area (Å²) in [6.45, 7) is 4.08. The van der Waals surface area contributed by atoms with E-state index < -0.39 is 0 Å². The molecular weight excluding hydrogens is 156 g/mol. The lowest BCUT2D eigenvalue weighted by Gasteiger charge is -1.98. The molecule has 0 aliphatic heterocycles. The Bertz CT molecular complexity index is 256. The van der Waals surface area contributed by atoms with E-state index in [4.69, 9.17) is 18.0 Å². The summed E-state index contributed by atoms with van der Waals surface area (Å²) < 4.78 is 0. The molecule has 0 fully saturated rings. The molecule has 1 heterocycles. The smallest absolute Gasteiger partial charge is 0.0772 e. The van der Waals surface area contributed by atoms with Crippen molar-refractivity contribution in [3.8, 4) is 0 Å². The number of H-pyrrole nitrogens is 1. The molecule has 0 atom stereocenters. The van der Waals surface area contributed by atoms with Crippen molar-refractivity contribution in [1.29, 1.82) is 0 Å². The number of nitrogens with one attached hydrogen (secondary N) is 1. The second-order valence-electron chi connectivity index (χ2n) is 2.72. The van der Waals surface area contributed by atoms with Crippen LogP contribution in [0.4, 0.5) is 0 Å². The molecule has 3 heteroatoms. The molecule has 0 aliphatic carbocycles. The molecule has 2 nitrogen and oxygen atoms in total. The lowest BCUT2D eigenvalue weighted by atomic mass is 10.1. The normalized spacial score (nSPS) is 10.0. The molecule has 0 unspecified atom stereocenters. The van der Waals surface area contributed by atoms with Crippen LogP contribution in [-0.2, 0) is 6.42 Å². The molecule has 0 bridgehead atoms. The largest absolute Gasteiger partial charge is 0.393 e. The summed E-state index contributed by atoms with van der Waals surface area (Å²) >= 11 is 4.83. The Balaban J connectivity index is 2.92. The highest BCUT2D eigenvalue weighted by Crippen LogP contribution is 2.12. The third kappa shape index (κ3) is 1.80. The van der Waals surface area contributed by atoms with Gasteiger partial charge >= 0.3 is 0 Å². The minimum Gasteiger partial charge on any atom is -0.393 e. The number of thiocarbonyl (C=S) groups is 1. The first-order valence-electron chi connectivity index (χ1n) is 3.53. The Kier molecular flexibility index (Phi) is 2.29. The summed E-state index contributed by atoms with van der Waals surface area (Å²) in [7, 11) is 0. The molecule has 1 rings (SSSR count). The number of aromatic amines is 1. The van der Waals surface area contributed by atoms with Crippen molar-refractivity contribution >= 4 is 17.2 Å². The van der Waals surface area contributed by atoms with Crippen molar-refractivity contribution in [3.63, 3.8) is 0 Å². The van der Waals surface area contributed by atoms with E-state index in [0.29, 0.717) is 11.4 Å². The fraction of sp³-hybridized carbons (Fsp3) is 0.375. The van der Waals surface area contributed by atoms with E-state index in [9.17, 15) is 0 Å². The number of aromatic nitrogens is 1. The lowest BCUT2D eigenvalue weighted by molar-refractivity contribution is 1.19. The maximum absolute atomic E-state index is 5.44. The second-order valence-corrected chi connectivity index (χ2v) is 3.24. The van der Waals surface area contributed by atoms with Crippen LogP contribution in [0.2, 0.25) is 0 Å². The van der Waals surface area contributed by atoms with E-state index >= 15 is 0 Å². The van der Waals surface area contributed by atoms with Crippen molar-refractivity contribution in [2.45, 2.75) is 20.3 Å². The summed E-state index contributed by atoms with van der Waals surface area (Å²) in [5, 5.41) is 0. The van der Waals surface area contributed by atoms with Gasteiger partial charge < -0.3 is 10.7 Å². The lowest BCUT2D eigenvalue weighted by Crippen LogP contribution is -2.11. The van der Waals surface area contributed by atoms with Crippen LogP contribution < -0.4 is 5.73 Å². The minimum absolute atomic E-state index is 0.552. The zero-order valence-electron chi connectivity index (χ0n) is 6.77. The van der Waals surface area contributed by atoms with Gasteiger partial charge in [0.1, 0.15) is 0 Å². The molecule has 11 heavy (non-hydrogen) atoms. The zero-order chi connectivity index (χ0) is 8.43. The van der Waals surface area contributed by atoms with Gasteiger partial charge in [0.2, 0.25) is 0 Å². The second kappa shape index (κ2) is 3.05. The number of nitrogens with two attached hydrogens (primary N) is 1. The van der Waals surface area contributed by atoms with E-state index in [0.717, 1.165) is 5.69 Å². The Labute approximate surface area is 71.8 Å². The standard InChI is InChI=1S/C8H12N2S/c1-5-4-10-6(2)7(5)3-8(9)11/h4,10H,3H2,1-2H3,(H2,9,11). The fourth-order valence-electron chi connectivity index (χ4n) is 1.13. The van der Waals surface area contributed by atoms with Gasteiger partial charge in [-0.1, -0.05) is 12.2 Å².